The van der Waals surface area contributed by atoms with E-state index in [1.165, 1.54) is 44.1 Å². The number of rotatable bonds is 11. The third-order valence-corrected chi connectivity index (χ3v) is 4.35. The number of aryl methyl sites for hydroxylation is 1. The van der Waals surface area contributed by atoms with Gasteiger partial charge in [-0.2, -0.15) is 0 Å². The number of carbonyl (C=O) groups is 1. The van der Waals surface area contributed by atoms with E-state index in [-0.39, 0.29) is 0 Å². The van der Waals surface area contributed by atoms with E-state index in [2.05, 4.69) is 19.1 Å². The molecule has 0 atom stereocenters. The summed E-state index contributed by atoms with van der Waals surface area (Å²) in [6, 6.07) is 15.1. The van der Waals surface area contributed by atoms with Crippen molar-refractivity contribution in [2.24, 2.45) is 0 Å². The fourth-order valence-corrected chi connectivity index (χ4v) is 2.77. The van der Waals surface area contributed by atoms with Gasteiger partial charge in [-0.25, -0.2) is 4.79 Å². The summed E-state index contributed by atoms with van der Waals surface area (Å²) in [5.74, 6) is -0.0672. The van der Waals surface area contributed by atoms with Crippen molar-refractivity contribution in [3.63, 3.8) is 0 Å². The van der Waals surface area contributed by atoms with Crippen molar-refractivity contribution in [3.05, 3.63) is 65.2 Å². The highest BCUT2D eigenvalue weighted by molar-refractivity contribution is 5.87. The largest absolute Gasteiger partial charge is 0.489 e. The van der Waals surface area contributed by atoms with Crippen LogP contribution < -0.4 is 4.74 Å². The summed E-state index contributed by atoms with van der Waals surface area (Å²) in [7, 11) is 0. The molecule has 0 aromatic heterocycles. The average molecular weight is 340 g/mol. The van der Waals surface area contributed by atoms with Crippen molar-refractivity contribution in [2.45, 2.75) is 58.5 Å². The second kappa shape index (κ2) is 10.5. The van der Waals surface area contributed by atoms with Crippen LogP contribution in [0.5, 0.6) is 5.75 Å². The second-order valence-electron chi connectivity index (χ2n) is 6.45. The van der Waals surface area contributed by atoms with E-state index in [9.17, 15) is 4.79 Å². The van der Waals surface area contributed by atoms with Gasteiger partial charge in [0.2, 0.25) is 0 Å². The molecular formula is C22H28O3. The Hall–Kier alpha value is -2.29. The van der Waals surface area contributed by atoms with Crippen LogP contribution in [0.15, 0.2) is 48.5 Å². The minimum atomic E-state index is -0.909. The number of unbranched alkanes of at least 4 members (excludes halogenated alkanes) is 5. The summed E-state index contributed by atoms with van der Waals surface area (Å²) in [4.78, 5) is 10.8. The van der Waals surface area contributed by atoms with Gasteiger partial charge >= 0.3 is 5.97 Å². The third kappa shape index (κ3) is 7.00. The summed E-state index contributed by atoms with van der Waals surface area (Å²) >= 11 is 0. The van der Waals surface area contributed by atoms with E-state index in [0.717, 1.165) is 17.7 Å². The summed E-state index contributed by atoms with van der Waals surface area (Å²) in [5, 5.41) is 8.89. The lowest BCUT2D eigenvalue weighted by Gasteiger charge is -2.08. The zero-order valence-electron chi connectivity index (χ0n) is 15.0. The monoisotopic (exact) mass is 340 g/mol. The van der Waals surface area contributed by atoms with Gasteiger partial charge in [-0.3, -0.25) is 0 Å². The van der Waals surface area contributed by atoms with Gasteiger partial charge < -0.3 is 9.84 Å². The Labute approximate surface area is 150 Å². The topological polar surface area (TPSA) is 46.5 Å². The number of hydrogen-bond donors (Lipinski definition) is 1. The van der Waals surface area contributed by atoms with Crippen LogP contribution >= 0.6 is 0 Å². The molecule has 0 fully saturated rings. The average Bonchev–Trinajstić information content (AvgIpc) is 2.64. The van der Waals surface area contributed by atoms with Gasteiger partial charge in [0.25, 0.3) is 0 Å². The van der Waals surface area contributed by atoms with E-state index >= 15 is 0 Å². The van der Waals surface area contributed by atoms with Crippen LogP contribution in [-0.4, -0.2) is 11.1 Å². The lowest BCUT2D eigenvalue weighted by atomic mass is 10.0. The number of ether oxygens (including phenoxy) is 1. The Morgan fingerprint density at radius 1 is 0.840 bits per heavy atom. The predicted octanol–water partition coefficient (Wildman–Crippen LogP) is 5.87. The molecule has 3 heteroatoms. The SMILES string of the molecule is CCCCCCCCc1ccc(OCc2ccc(C(=O)O)cc2)cc1. The highest BCUT2D eigenvalue weighted by atomic mass is 16.5. The van der Waals surface area contributed by atoms with Crippen LogP contribution in [0.1, 0.15) is 66.9 Å². The minimum absolute atomic E-state index is 0.294. The molecule has 0 unspecified atom stereocenters. The Morgan fingerprint density at radius 2 is 1.44 bits per heavy atom. The standard InChI is InChI=1S/C22H28O3/c1-2-3-4-5-6-7-8-18-11-15-21(16-12-18)25-17-19-9-13-20(14-10-19)22(23)24/h9-16H,2-8,17H2,1H3,(H,23,24). The fourth-order valence-electron chi connectivity index (χ4n) is 2.77. The van der Waals surface area contributed by atoms with Crippen LogP contribution in [0.4, 0.5) is 0 Å². The van der Waals surface area contributed by atoms with Crippen molar-refractivity contribution < 1.29 is 14.6 Å². The van der Waals surface area contributed by atoms with Gasteiger partial charge in [0.15, 0.2) is 0 Å². The molecule has 3 nitrogen and oxygen atoms in total. The predicted molar refractivity (Wildman–Crippen MR) is 101 cm³/mol. The highest BCUT2D eigenvalue weighted by Gasteiger charge is 2.02. The molecule has 0 aliphatic carbocycles. The molecule has 2 rings (SSSR count). The quantitative estimate of drug-likeness (QED) is 0.521. The number of aromatic carboxylic acids is 1. The number of carboxylic acid groups (broad SMARTS) is 1. The van der Waals surface area contributed by atoms with Crippen molar-refractivity contribution >= 4 is 5.97 Å². The van der Waals surface area contributed by atoms with Crippen molar-refractivity contribution in [3.8, 4) is 5.75 Å². The maximum absolute atomic E-state index is 10.8. The number of benzene rings is 2. The van der Waals surface area contributed by atoms with Gasteiger partial charge in [-0.1, -0.05) is 63.3 Å². The van der Waals surface area contributed by atoms with E-state index in [1.807, 2.05) is 12.1 Å². The van der Waals surface area contributed by atoms with Crippen LogP contribution in [0.3, 0.4) is 0 Å². The highest BCUT2D eigenvalue weighted by Crippen LogP contribution is 2.17. The van der Waals surface area contributed by atoms with E-state index < -0.39 is 5.97 Å². The molecule has 2 aromatic rings. The second-order valence-corrected chi connectivity index (χ2v) is 6.45. The molecule has 134 valence electrons. The molecule has 0 aliphatic rings. The first kappa shape index (κ1) is 19.0. The third-order valence-electron chi connectivity index (χ3n) is 4.35. The number of hydrogen-bond acceptors (Lipinski definition) is 2. The van der Waals surface area contributed by atoms with Crippen molar-refractivity contribution in [1.82, 2.24) is 0 Å². The van der Waals surface area contributed by atoms with Crippen LogP contribution in [0.2, 0.25) is 0 Å². The van der Waals surface area contributed by atoms with Gasteiger partial charge in [-0.05, 0) is 48.2 Å². The lowest BCUT2D eigenvalue weighted by molar-refractivity contribution is 0.0697. The van der Waals surface area contributed by atoms with Gasteiger partial charge in [0, 0.05) is 0 Å². The molecule has 0 saturated carbocycles. The first-order valence-corrected chi connectivity index (χ1v) is 9.23. The van der Waals surface area contributed by atoms with Gasteiger partial charge in [0.05, 0.1) is 5.56 Å². The molecular weight excluding hydrogens is 312 g/mol. The summed E-state index contributed by atoms with van der Waals surface area (Å²) in [5.41, 5.74) is 2.61. The molecule has 0 spiro atoms. The Balaban J connectivity index is 1.71. The zero-order chi connectivity index (χ0) is 17.9. The fraction of sp³-hybridized carbons (Fsp3) is 0.409. The van der Waals surface area contributed by atoms with Crippen LogP contribution in [-0.2, 0) is 13.0 Å². The smallest absolute Gasteiger partial charge is 0.335 e. The number of carboxylic acids is 1. The summed E-state index contributed by atoms with van der Waals surface area (Å²) in [6.07, 6.45) is 9.04. The zero-order valence-corrected chi connectivity index (χ0v) is 15.0. The van der Waals surface area contributed by atoms with E-state index in [0.29, 0.717) is 12.2 Å². The molecule has 0 aliphatic heterocycles. The Bertz CT molecular complexity index is 629. The van der Waals surface area contributed by atoms with Crippen molar-refractivity contribution in [1.29, 1.82) is 0 Å². The Morgan fingerprint density at radius 3 is 2.08 bits per heavy atom. The van der Waals surface area contributed by atoms with Gasteiger partial charge in [-0.15, -0.1) is 0 Å². The normalized spacial score (nSPS) is 10.6. The lowest BCUT2D eigenvalue weighted by Crippen LogP contribution is -1.99. The molecule has 2 aromatic carbocycles. The van der Waals surface area contributed by atoms with E-state index in [4.69, 9.17) is 9.84 Å². The maximum atomic E-state index is 10.8. The molecule has 0 bridgehead atoms. The molecule has 25 heavy (non-hydrogen) atoms. The molecule has 0 heterocycles. The van der Waals surface area contributed by atoms with Crippen LogP contribution in [0, 0.1) is 0 Å². The Kier molecular flexibility index (Phi) is 8.03. The maximum Gasteiger partial charge on any atom is 0.335 e. The van der Waals surface area contributed by atoms with E-state index in [1.54, 1.807) is 24.3 Å². The first-order chi connectivity index (χ1) is 12.2. The minimum Gasteiger partial charge on any atom is -0.489 e. The summed E-state index contributed by atoms with van der Waals surface area (Å²) < 4.78 is 5.77. The molecule has 1 N–H and O–H groups in total. The summed E-state index contributed by atoms with van der Waals surface area (Å²) in [6.45, 7) is 2.69. The molecule has 0 radical (unpaired) electrons. The first-order valence-electron chi connectivity index (χ1n) is 9.23. The van der Waals surface area contributed by atoms with Crippen LogP contribution in [0.25, 0.3) is 0 Å². The van der Waals surface area contributed by atoms with Gasteiger partial charge in [0.1, 0.15) is 12.4 Å². The molecule has 0 amide bonds. The van der Waals surface area contributed by atoms with Crippen molar-refractivity contribution in [2.75, 3.05) is 0 Å². The molecule has 0 saturated heterocycles.